The average molecular weight is 295 g/mol. The van der Waals surface area contributed by atoms with Crippen LogP contribution >= 0.6 is 11.6 Å². The van der Waals surface area contributed by atoms with E-state index in [0.29, 0.717) is 29.6 Å². The molecule has 0 radical (unpaired) electrons. The molecule has 0 saturated carbocycles. The highest BCUT2D eigenvalue weighted by molar-refractivity contribution is 6.30. The third kappa shape index (κ3) is 2.91. The van der Waals surface area contributed by atoms with Gasteiger partial charge in [0.15, 0.2) is 0 Å². The fourth-order valence-electron chi connectivity index (χ4n) is 2.03. The Morgan fingerprint density at radius 2 is 2.25 bits per heavy atom. The molecule has 0 atom stereocenters. The third-order valence-electron chi connectivity index (χ3n) is 2.93. The summed E-state index contributed by atoms with van der Waals surface area (Å²) >= 11 is 5.92. The summed E-state index contributed by atoms with van der Waals surface area (Å²) in [5.74, 6) is 0.426. The molecule has 1 aromatic carbocycles. The minimum atomic E-state index is -0.408. The Morgan fingerprint density at radius 1 is 1.50 bits per heavy atom. The van der Waals surface area contributed by atoms with E-state index < -0.39 is 4.92 Å². The van der Waals surface area contributed by atoms with Crippen LogP contribution in [0.2, 0.25) is 5.02 Å². The van der Waals surface area contributed by atoms with Crippen molar-refractivity contribution in [1.82, 2.24) is 9.78 Å². The summed E-state index contributed by atoms with van der Waals surface area (Å²) in [6.45, 7) is 4.54. The van der Waals surface area contributed by atoms with Gasteiger partial charge in [-0.2, -0.15) is 5.10 Å². The van der Waals surface area contributed by atoms with Gasteiger partial charge in [0.25, 0.3) is 0 Å². The van der Waals surface area contributed by atoms with E-state index in [1.54, 1.807) is 17.7 Å². The Balaban J connectivity index is 2.26. The summed E-state index contributed by atoms with van der Waals surface area (Å²) in [4.78, 5) is 10.7. The lowest BCUT2D eigenvalue weighted by Crippen LogP contribution is -2.08. The number of aromatic nitrogens is 2. The van der Waals surface area contributed by atoms with Gasteiger partial charge in [0.1, 0.15) is 5.69 Å². The first kappa shape index (κ1) is 14.3. The fraction of sp³-hybridized carbons (Fsp3) is 0.308. The number of halogens is 1. The van der Waals surface area contributed by atoms with Crippen molar-refractivity contribution >= 4 is 23.1 Å². The van der Waals surface area contributed by atoms with Crippen molar-refractivity contribution in [3.63, 3.8) is 0 Å². The number of anilines is 1. The number of nitrogens with one attached hydrogen (secondary N) is 1. The van der Waals surface area contributed by atoms with Crippen LogP contribution in [0, 0.1) is 17.0 Å². The van der Waals surface area contributed by atoms with Gasteiger partial charge >= 0.3 is 5.69 Å². The standard InChI is InChI=1S/C13H15ClN4O2/c1-3-17-13(12(18(19)20)9(2)16-17)15-8-10-5-4-6-11(14)7-10/h4-7,15H,3,8H2,1-2H3. The summed E-state index contributed by atoms with van der Waals surface area (Å²) in [7, 11) is 0. The van der Waals surface area contributed by atoms with Gasteiger partial charge in [-0.05, 0) is 31.5 Å². The predicted molar refractivity (Wildman–Crippen MR) is 78.1 cm³/mol. The van der Waals surface area contributed by atoms with Gasteiger partial charge in [0.05, 0.1) is 4.92 Å². The first-order valence-electron chi connectivity index (χ1n) is 6.23. The maximum Gasteiger partial charge on any atom is 0.333 e. The Labute approximate surface area is 121 Å². The highest BCUT2D eigenvalue weighted by atomic mass is 35.5. The first-order chi connectivity index (χ1) is 9.52. The highest BCUT2D eigenvalue weighted by Gasteiger charge is 2.24. The summed E-state index contributed by atoms with van der Waals surface area (Å²) in [6, 6.07) is 7.36. The predicted octanol–water partition coefficient (Wildman–Crippen LogP) is 3.39. The Kier molecular flexibility index (Phi) is 4.24. The molecule has 0 aliphatic rings. The SMILES string of the molecule is CCn1nc(C)c([N+](=O)[O-])c1NCc1cccc(Cl)c1. The smallest absolute Gasteiger partial charge is 0.333 e. The number of hydrogen-bond donors (Lipinski definition) is 1. The minimum absolute atomic E-state index is 0.0221. The quantitative estimate of drug-likeness (QED) is 0.677. The molecule has 0 unspecified atom stereocenters. The third-order valence-corrected chi connectivity index (χ3v) is 3.16. The van der Waals surface area contributed by atoms with Crippen molar-refractivity contribution in [2.45, 2.75) is 26.9 Å². The zero-order chi connectivity index (χ0) is 14.7. The number of nitrogens with zero attached hydrogens (tertiary/aromatic N) is 3. The lowest BCUT2D eigenvalue weighted by atomic mass is 10.2. The first-order valence-corrected chi connectivity index (χ1v) is 6.60. The molecule has 1 aromatic heterocycles. The van der Waals surface area contributed by atoms with E-state index in [0.717, 1.165) is 5.56 Å². The maximum atomic E-state index is 11.1. The fourth-order valence-corrected chi connectivity index (χ4v) is 2.24. The molecule has 0 fully saturated rings. The number of hydrogen-bond acceptors (Lipinski definition) is 4. The second-order valence-corrected chi connectivity index (χ2v) is 4.78. The van der Waals surface area contributed by atoms with E-state index >= 15 is 0 Å². The largest absolute Gasteiger partial charge is 0.360 e. The Bertz CT molecular complexity index is 639. The van der Waals surface area contributed by atoms with E-state index in [1.807, 2.05) is 25.1 Å². The van der Waals surface area contributed by atoms with Crippen molar-refractivity contribution in [1.29, 1.82) is 0 Å². The molecule has 0 aliphatic carbocycles. The number of nitro groups is 1. The topological polar surface area (TPSA) is 73.0 Å². The lowest BCUT2D eigenvalue weighted by Gasteiger charge is -2.08. The van der Waals surface area contributed by atoms with Crippen LogP contribution in [0.3, 0.4) is 0 Å². The van der Waals surface area contributed by atoms with E-state index in [-0.39, 0.29) is 5.69 Å². The van der Waals surface area contributed by atoms with Gasteiger partial charge < -0.3 is 5.32 Å². The molecule has 0 aliphatic heterocycles. The second-order valence-electron chi connectivity index (χ2n) is 4.34. The summed E-state index contributed by atoms with van der Waals surface area (Å²) in [6.07, 6.45) is 0. The van der Waals surface area contributed by atoms with Crippen LogP contribution in [0.5, 0.6) is 0 Å². The minimum Gasteiger partial charge on any atom is -0.360 e. The molecule has 6 nitrogen and oxygen atoms in total. The molecule has 0 bridgehead atoms. The monoisotopic (exact) mass is 294 g/mol. The summed E-state index contributed by atoms with van der Waals surface area (Å²) in [5, 5.41) is 19.0. The molecule has 0 spiro atoms. The molecule has 1 N–H and O–H groups in total. The van der Waals surface area contributed by atoms with Crippen LogP contribution in [-0.2, 0) is 13.1 Å². The summed E-state index contributed by atoms with van der Waals surface area (Å²) in [5.41, 5.74) is 1.38. The number of rotatable bonds is 5. The van der Waals surface area contributed by atoms with Crippen LogP contribution in [0.1, 0.15) is 18.2 Å². The molecular weight excluding hydrogens is 280 g/mol. The molecule has 0 saturated heterocycles. The van der Waals surface area contributed by atoms with E-state index in [9.17, 15) is 10.1 Å². The second kappa shape index (κ2) is 5.92. The van der Waals surface area contributed by atoms with E-state index in [2.05, 4.69) is 10.4 Å². The average Bonchev–Trinajstić information content (AvgIpc) is 2.72. The van der Waals surface area contributed by atoms with Gasteiger partial charge in [-0.25, -0.2) is 4.68 Å². The van der Waals surface area contributed by atoms with Crippen LogP contribution in [0.15, 0.2) is 24.3 Å². The molecule has 1 heterocycles. The van der Waals surface area contributed by atoms with Crippen molar-refractivity contribution in [3.05, 3.63) is 50.7 Å². The van der Waals surface area contributed by atoms with Crippen LogP contribution in [0.25, 0.3) is 0 Å². The zero-order valence-corrected chi connectivity index (χ0v) is 12.0. The molecule has 2 aromatic rings. The van der Waals surface area contributed by atoms with Crippen molar-refractivity contribution in [2.75, 3.05) is 5.32 Å². The summed E-state index contributed by atoms with van der Waals surface area (Å²) < 4.78 is 1.60. The van der Waals surface area contributed by atoms with Gasteiger partial charge in [0, 0.05) is 18.1 Å². The Hall–Kier alpha value is -2.08. The zero-order valence-electron chi connectivity index (χ0n) is 11.3. The normalized spacial score (nSPS) is 10.6. The van der Waals surface area contributed by atoms with Gasteiger partial charge in [0.2, 0.25) is 5.82 Å². The molecule has 2 rings (SSSR count). The van der Waals surface area contributed by atoms with Crippen LogP contribution in [-0.4, -0.2) is 14.7 Å². The number of benzene rings is 1. The van der Waals surface area contributed by atoms with Gasteiger partial charge in [-0.15, -0.1) is 0 Å². The van der Waals surface area contributed by atoms with E-state index in [1.165, 1.54) is 0 Å². The van der Waals surface area contributed by atoms with Gasteiger partial charge in [-0.3, -0.25) is 10.1 Å². The molecular formula is C13H15ClN4O2. The maximum absolute atomic E-state index is 11.1. The van der Waals surface area contributed by atoms with Crippen LogP contribution in [0.4, 0.5) is 11.5 Å². The molecule has 106 valence electrons. The van der Waals surface area contributed by atoms with Crippen molar-refractivity contribution in [3.8, 4) is 0 Å². The highest BCUT2D eigenvalue weighted by Crippen LogP contribution is 2.28. The van der Waals surface area contributed by atoms with Crippen LogP contribution < -0.4 is 5.32 Å². The van der Waals surface area contributed by atoms with Crippen molar-refractivity contribution < 1.29 is 4.92 Å². The molecule has 20 heavy (non-hydrogen) atoms. The molecule has 0 amide bonds. The molecule has 7 heteroatoms. The Morgan fingerprint density at radius 3 is 2.85 bits per heavy atom. The number of aryl methyl sites for hydroxylation is 2. The van der Waals surface area contributed by atoms with Crippen molar-refractivity contribution in [2.24, 2.45) is 0 Å². The van der Waals surface area contributed by atoms with Gasteiger partial charge in [-0.1, -0.05) is 23.7 Å². The lowest BCUT2D eigenvalue weighted by molar-refractivity contribution is -0.384. The van der Waals surface area contributed by atoms with E-state index in [4.69, 9.17) is 11.6 Å².